The fraction of sp³-hybridized carbons (Fsp3) is 0.545. The van der Waals surface area contributed by atoms with E-state index >= 15 is 0 Å². The van der Waals surface area contributed by atoms with Crippen LogP contribution in [0.5, 0.6) is 5.75 Å². The van der Waals surface area contributed by atoms with Crippen LogP contribution in [-0.2, 0) is 22.5 Å². The number of fused-ring (bicyclic) bond motifs is 1. The van der Waals surface area contributed by atoms with Crippen molar-refractivity contribution in [3.63, 3.8) is 0 Å². The smallest absolute Gasteiger partial charge is 0.336 e. The normalized spacial score (nSPS) is 15.7. The third kappa shape index (κ3) is 4.97. The van der Waals surface area contributed by atoms with Crippen LogP contribution in [0.3, 0.4) is 0 Å². The lowest BCUT2D eigenvalue weighted by atomic mass is 9.98. The number of ether oxygens (including phenoxy) is 1. The molecule has 0 atom stereocenters. The fourth-order valence-corrected chi connectivity index (χ4v) is 3.86. The number of rotatable bonds is 7. The van der Waals surface area contributed by atoms with Crippen LogP contribution in [0.15, 0.2) is 21.3 Å². The van der Waals surface area contributed by atoms with Gasteiger partial charge in [-0.05, 0) is 44.0 Å². The summed E-state index contributed by atoms with van der Waals surface area (Å²) in [5.41, 5.74) is 2.10. The van der Waals surface area contributed by atoms with Crippen molar-refractivity contribution in [1.29, 1.82) is 0 Å². The van der Waals surface area contributed by atoms with E-state index in [1.54, 1.807) is 6.92 Å². The lowest BCUT2D eigenvalue weighted by Crippen LogP contribution is -2.45. The van der Waals surface area contributed by atoms with Crippen molar-refractivity contribution >= 4 is 16.9 Å². The van der Waals surface area contributed by atoms with Gasteiger partial charge < -0.3 is 19.2 Å². The Labute approximate surface area is 170 Å². The van der Waals surface area contributed by atoms with Crippen LogP contribution >= 0.6 is 0 Å². The van der Waals surface area contributed by atoms with Crippen molar-refractivity contribution < 1.29 is 19.1 Å². The molecule has 3 rings (SSSR count). The Morgan fingerprint density at radius 1 is 1.17 bits per heavy atom. The first-order chi connectivity index (χ1) is 13.9. The maximum absolute atomic E-state index is 12.0. The van der Waals surface area contributed by atoms with Gasteiger partial charge in [0, 0.05) is 50.6 Å². The highest BCUT2D eigenvalue weighted by Gasteiger charge is 2.22. The third-order valence-corrected chi connectivity index (χ3v) is 5.59. The van der Waals surface area contributed by atoms with E-state index in [4.69, 9.17) is 9.15 Å². The molecule has 0 saturated carbocycles. The summed E-state index contributed by atoms with van der Waals surface area (Å²) >= 11 is 0. The Balaban J connectivity index is 1.95. The number of hydrogen-bond donors (Lipinski definition) is 1. The topological polar surface area (TPSA) is 83.2 Å². The molecule has 7 nitrogen and oxygen atoms in total. The number of carbonyl (C=O) groups is 1. The van der Waals surface area contributed by atoms with Crippen LogP contribution < -0.4 is 5.63 Å². The first kappa shape index (κ1) is 21.3. The molecule has 2 heterocycles. The Morgan fingerprint density at radius 2 is 1.86 bits per heavy atom. The van der Waals surface area contributed by atoms with Gasteiger partial charge in [-0.15, -0.1) is 0 Å². The Morgan fingerprint density at radius 3 is 2.52 bits per heavy atom. The molecule has 0 bridgehead atoms. The SMILES string of the molecule is CCOC(=O)CCc1cc2c(C)cc(=O)oc2c(CN2CCN(CC)CC2)c1O. The molecule has 1 aromatic carbocycles. The van der Waals surface area contributed by atoms with Crippen molar-refractivity contribution in [2.24, 2.45) is 0 Å². The van der Waals surface area contributed by atoms with Gasteiger partial charge in [-0.1, -0.05) is 6.92 Å². The largest absolute Gasteiger partial charge is 0.507 e. The highest BCUT2D eigenvalue weighted by molar-refractivity contribution is 5.86. The van der Waals surface area contributed by atoms with Gasteiger partial charge in [0.25, 0.3) is 0 Å². The molecular weight excluding hydrogens is 372 g/mol. The summed E-state index contributed by atoms with van der Waals surface area (Å²) in [6, 6.07) is 3.28. The minimum atomic E-state index is -0.425. The monoisotopic (exact) mass is 402 g/mol. The number of piperazine rings is 1. The number of likely N-dealkylation sites (N-methyl/N-ethyl adjacent to an activating group) is 1. The van der Waals surface area contributed by atoms with E-state index in [1.807, 2.05) is 13.0 Å². The van der Waals surface area contributed by atoms with E-state index in [-0.39, 0.29) is 18.1 Å². The van der Waals surface area contributed by atoms with Gasteiger partial charge in [0.1, 0.15) is 11.3 Å². The molecule has 1 aliphatic rings. The van der Waals surface area contributed by atoms with Gasteiger partial charge in [0.2, 0.25) is 0 Å². The van der Waals surface area contributed by atoms with E-state index in [1.165, 1.54) is 6.07 Å². The lowest BCUT2D eigenvalue weighted by molar-refractivity contribution is -0.143. The molecule has 0 unspecified atom stereocenters. The highest BCUT2D eigenvalue weighted by atomic mass is 16.5. The molecule has 1 fully saturated rings. The molecule has 7 heteroatoms. The van der Waals surface area contributed by atoms with Crippen LogP contribution in [0.1, 0.15) is 37.0 Å². The number of aryl methyl sites for hydroxylation is 2. The number of hydrogen-bond acceptors (Lipinski definition) is 7. The van der Waals surface area contributed by atoms with Crippen molar-refractivity contribution in [1.82, 2.24) is 9.80 Å². The molecule has 1 saturated heterocycles. The second-order valence-electron chi connectivity index (χ2n) is 7.50. The number of phenols is 1. The highest BCUT2D eigenvalue weighted by Crippen LogP contribution is 2.34. The molecular formula is C22H30N2O5. The molecule has 1 aromatic heterocycles. The van der Waals surface area contributed by atoms with E-state index in [2.05, 4.69) is 16.7 Å². The predicted octanol–water partition coefficient (Wildman–Crippen LogP) is 2.44. The number of carbonyl (C=O) groups excluding carboxylic acids is 1. The minimum absolute atomic E-state index is 0.105. The average molecular weight is 402 g/mol. The zero-order chi connectivity index (χ0) is 21.0. The van der Waals surface area contributed by atoms with Gasteiger partial charge in [-0.3, -0.25) is 9.69 Å². The fourth-order valence-electron chi connectivity index (χ4n) is 3.86. The molecule has 0 amide bonds. The molecule has 2 aromatic rings. The zero-order valence-corrected chi connectivity index (χ0v) is 17.5. The van der Waals surface area contributed by atoms with E-state index in [0.29, 0.717) is 36.3 Å². The summed E-state index contributed by atoms with van der Waals surface area (Å²) in [6.45, 7) is 11.4. The summed E-state index contributed by atoms with van der Waals surface area (Å²) < 4.78 is 10.5. The average Bonchev–Trinajstić information content (AvgIpc) is 2.70. The van der Waals surface area contributed by atoms with Crippen LogP contribution in [0, 0.1) is 6.92 Å². The second-order valence-corrected chi connectivity index (χ2v) is 7.50. The zero-order valence-electron chi connectivity index (χ0n) is 17.5. The van der Waals surface area contributed by atoms with E-state index in [9.17, 15) is 14.7 Å². The maximum atomic E-state index is 12.0. The van der Waals surface area contributed by atoms with E-state index in [0.717, 1.165) is 43.7 Å². The molecule has 1 N–H and O–H groups in total. The van der Waals surface area contributed by atoms with Crippen molar-refractivity contribution in [2.45, 2.75) is 40.2 Å². The molecule has 0 spiro atoms. The Kier molecular flexibility index (Phi) is 6.92. The summed E-state index contributed by atoms with van der Waals surface area (Å²) in [5.74, 6) is -0.186. The van der Waals surface area contributed by atoms with Gasteiger partial charge >= 0.3 is 11.6 Å². The molecule has 0 aliphatic carbocycles. The molecule has 158 valence electrons. The molecule has 1 aliphatic heterocycles. The van der Waals surface area contributed by atoms with Gasteiger partial charge in [-0.2, -0.15) is 0 Å². The van der Waals surface area contributed by atoms with Crippen molar-refractivity contribution in [2.75, 3.05) is 39.3 Å². The van der Waals surface area contributed by atoms with Crippen LogP contribution in [0.2, 0.25) is 0 Å². The van der Waals surface area contributed by atoms with Crippen LogP contribution in [0.4, 0.5) is 0 Å². The van der Waals surface area contributed by atoms with Crippen molar-refractivity contribution in [3.8, 4) is 5.75 Å². The number of esters is 1. The maximum Gasteiger partial charge on any atom is 0.336 e. The standard InChI is InChI=1S/C22H30N2O5/c1-4-23-8-10-24(11-9-23)14-18-21(27)16(6-7-19(25)28-5-2)13-17-15(3)12-20(26)29-22(17)18/h12-13,27H,4-11,14H2,1-3H3. The van der Waals surface area contributed by atoms with Gasteiger partial charge in [0.05, 0.1) is 12.2 Å². The quantitative estimate of drug-likeness (QED) is 0.563. The number of nitrogens with zero attached hydrogens (tertiary/aromatic N) is 2. The van der Waals surface area contributed by atoms with Gasteiger partial charge in [-0.25, -0.2) is 4.79 Å². The number of aromatic hydroxyl groups is 1. The summed E-state index contributed by atoms with van der Waals surface area (Å²) in [5, 5.41) is 11.8. The van der Waals surface area contributed by atoms with Crippen LogP contribution in [-0.4, -0.2) is 60.2 Å². The third-order valence-electron chi connectivity index (χ3n) is 5.59. The Bertz CT molecular complexity index is 929. The second kappa shape index (κ2) is 9.41. The number of benzene rings is 1. The number of phenolic OH excluding ortho intramolecular Hbond substituents is 1. The Hall–Kier alpha value is -2.38. The summed E-state index contributed by atoms with van der Waals surface area (Å²) in [6.07, 6.45) is 0.563. The predicted molar refractivity (Wildman–Crippen MR) is 111 cm³/mol. The minimum Gasteiger partial charge on any atom is -0.507 e. The molecule has 0 radical (unpaired) electrons. The van der Waals surface area contributed by atoms with E-state index < -0.39 is 5.63 Å². The molecule has 29 heavy (non-hydrogen) atoms. The lowest BCUT2D eigenvalue weighted by Gasteiger charge is -2.34. The summed E-state index contributed by atoms with van der Waals surface area (Å²) in [4.78, 5) is 28.4. The first-order valence-electron chi connectivity index (χ1n) is 10.3. The van der Waals surface area contributed by atoms with Crippen LogP contribution in [0.25, 0.3) is 11.0 Å². The van der Waals surface area contributed by atoms with Crippen molar-refractivity contribution in [3.05, 3.63) is 39.2 Å². The first-order valence-corrected chi connectivity index (χ1v) is 10.3. The summed E-state index contributed by atoms with van der Waals surface area (Å²) in [7, 11) is 0. The van der Waals surface area contributed by atoms with Gasteiger partial charge in [0.15, 0.2) is 0 Å².